The summed E-state index contributed by atoms with van der Waals surface area (Å²) in [5.41, 5.74) is 1.09. The topological polar surface area (TPSA) is 72.2 Å². The van der Waals surface area contributed by atoms with E-state index in [-0.39, 0.29) is 12.1 Å². The number of ether oxygens (including phenoxy) is 1. The largest absolute Gasteiger partial charge is 0.376 e. The molecule has 2 aliphatic rings. The maximum atomic E-state index is 5.81. The van der Waals surface area contributed by atoms with E-state index in [0.717, 1.165) is 81.5 Å². The van der Waals surface area contributed by atoms with Gasteiger partial charge in [-0.25, -0.2) is 9.67 Å². The Morgan fingerprint density at radius 3 is 2.83 bits per heavy atom. The number of hydrogen-bond acceptors (Lipinski definition) is 8. The zero-order valence-corrected chi connectivity index (χ0v) is 18.3. The highest BCUT2D eigenvalue weighted by Crippen LogP contribution is 2.31. The summed E-state index contributed by atoms with van der Waals surface area (Å²) >= 11 is 1.79. The smallest absolute Gasteiger partial charge is 0.186 e. The lowest BCUT2D eigenvalue weighted by Gasteiger charge is -2.38. The number of tetrazole rings is 1. The number of fused-ring (bicyclic) bond motifs is 1. The van der Waals surface area contributed by atoms with E-state index >= 15 is 0 Å². The van der Waals surface area contributed by atoms with Gasteiger partial charge in [0.05, 0.1) is 28.9 Å². The first-order valence-electron chi connectivity index (χ1n) is 11.0. The molecule has 0 spiro atoms. The molecular formula is C21H29N7OS. The van der Waals surface area contributed by atoms with Gasteiger partial charge >= 0.3 is 0 Å². The van der Waals surface area contributed by atoms with E-state index in [1.165, 1.54) is 4.70 Å². The fourth-order valence-corrected chi connectivity index (χ4v) is 5.55. The molecule has 5 rings (SSSR count). The van der Waals surface area contributed by atoms with E-state index in [0.29, 0.717) is 0 Å². The van der Waals surface area contributed by atoms with Crippen molar-refractivity contribution in [2.75, 3.05) is 37.7 Å². The van der Waals surface area contributed by atoms with Crippen LogP contribution in [0.5, 0.6) is 0 Å². The normalized spacial score (nSPS) is 21.5. The molecule has 2 atom stereocenters. The van der Waals surface area contributed by atoms with Gasteiger partial charge in [0, 0.05) is 32.8 Å². The summed E-state index contributed by atoms with van der Waals surface area (Å²) in [6, 6.07) is 8.64. The van der Waals surface area contributed by atoms with Gasteiger partial charge in [0.1, 0.15) is 0 Å². The van der Waals surface area contributed by atoms with Crippen LogP contribution in [0, 0.1) is 0 Å². The zero-order valence-electron chi connectivity index (χ0n) is 17.5. The van der Waals surface area contributed by atoms with Crippen LogP contribution in [-0.4, -0.2) is 69.0 Å². The first-order valence-corrected chi connectivity index (χ1v) is 11.9. The Bertz CT molecular complexity index is 926. The van der Waals surface area contributed by atoms with Crippen molar-refractivity contribution in [3.05, 3.63) is 30.1 Å². The zero-order chi connectivity index (χ0) is 20.3. The van der Waals surface area contributed by atoms with Crippen LogP contribution in [0.15, 0.2) is 24.3 Å². The van der Waals surface area contributed by atoms with Crippen molar-refractivity contribution in [2.24, 2.45) is 0 Å². The van der Waals surface area contributed by atoms with Crippen LogP contribution < -0.4 is 4.90 Å². The second-order valence-electron chi connectivity index (χ2n) is 8.15. The van der Waals surface area contributed by atoms with Gasteiger partial charge in [0.25, 0.3) is 0 Å². The van der Waals surface area contributed by atoms with E-state index in [4.69, 9.17) is 9.72 Å². The van der Waals surface area contributed by atoms with Crippen LogP contribution in [-0.2, 0) is 11.3 Å². The van der Waals surface area contributed by atoms with Crippen molar-refractivity contribution in [3.8, 4) is 0 Å². The highest BCUT2D eigenvalue weighted by Gasteiger charge is 2.30. The molecule has 0 amide bonds. The number of thiazole rings is 1. The van der Waals surface area contributed by atoms with Gasteiger partial charge < -0.3 is 9.64 Å². The molecule has 2 aliphatic heterocycles. The highest BCUT2D eigenvalue weighted by molar-refractivity contribution is 7.22. The number of benzene rings is 1. The van der Waals surface area contributed by atoms with Crippen LogP contribution in [0.4, 0.5) is 5.13 Å². The third kappa shape index (κ3) is 4.06. The Kier molecular flexibility index (Phi) is 5.92. The van der Waals surface area contributed by atoms with Crippen molar-refractivity contribution in [3.63, 3.8) is 0 Å². The van der Waals surface area contributed by atoms with Crippen LogP contribution in [0.25, 0.3) is 10.2 Å². The summed E-state index contributed by atoms with van der Waals surface area (Å²) < 4.78 is 9.05. The molecule has 9 heteroatoms. The lowest BCUT2D eigenvalue weighted by molar-refractivity contribution is 0.0891. The molecule has 8 nitrogen and oxygen atoms in total. The van der Waals surface area contributed by atoms with E-state index in [1.54, 1.807) is 11.3 Å². The molecule has 2 saturated heterocycles. The predicted molar refractivity (Wildman–Crippen MR) is 118 cm³/mol. The molecule has 160 valence electrons. The fraction of sp³-hybridized carbons (Fsp3) is 0.619. The summed E-state index contributed by atoms with van der Waals surface area (Å²) in [5.74, 6) is 0.987. The molecule has 0 saturated carbocycles. The lowest BCUT2D eigenvalue weighted by Crippen LogP contribution is -2.48. The van der Waals surface area contributed by atoms with Crippen LogP contribution in [0.2, 0.25) is 0 Å². The van der Waals surface area contributed by atoms with Gasteiger partial charge in [0.15, 0.2) is 11.0 Å². The van der Waals surface area contributed by atoms with Gasteiger partial charge in [-0.3, -0.25) is 4.90 Å². The molecule has 4 heterocycles. The lowest BCUT2D eigenvalue weighted by atomic mass is 10.1. The SMILES string of the molecule is CCC[C@@H](c1nnnn1C[C@@H]1CCCO1)N1CCN(c2nc3ccccc3s2)CC1. The number of nitrogens with zero attached hydrogens (tertiary/aromatic N) is 7. The van der Waals surface area contributed by atoms with E-state index in [1.807, 2.05) is 4.68 Å². The first kappa shape index (κ1) is 19.8. The molecule has 2 fully saturated rings. The Morgan fingerprint density at radius 1 is 1.20 bits per heavy atom. The maximum Gasteiger partial charge on any atom is 0.186 e. The summed E-state index contributed by atoms with van der Waals surface area (Å²) in [7, 11) is 0. The average Bonchev–Trinajstić information content (AvgIpc) is 3.53. The minimum Gasteiger partial charge on any atom is -0.376 e. The van der Waals surface area contributed by atoms with Gasteiger partial charge in [-0.15, -0.1) is 5.10 Å². The number of piperazine rings is 1. The number of para-hydroxylation sites is 1. The Labute approximate surface area is 180 Å². The summed E-state index contributed by atoms with van der Waals surface area (Å²) in [6.07, 6.45) is 4.64. The average molecular weight is 428 g/mol. The van der Waals surface area contributed by atoms with Gasteiger partial charge in [-0.1, -0.05) is 36.8 Å². The summed E-state index contributed by atoms with van der Waals surface area (Å²) in [5, 5.41) is 13.9. The standard InChI is InChI=1S/C21H29N7OS/c1-2-6-18(20-23-24-25-28(20)15-16-7-5-14-29-16)26-10-12-27(13-11-26)21-22-17-8-3-4-9-19(17)30-21/h3-4,8-9,16,18H,2,5-7,10-15H2,1H3/t16-,18-/m0/s1. The van der Waals surface area contributed by atoms with Crippen LogP contribution in [0.3, 0.4) is 0 Å². The molecule has 0 unspecified atom stereocenters. The number of hydrogen-bond donors (Lipinski definition) is 0. The van der Waals surface area contributed by atoms with Crippen molar-refractivity contribution in [1.82, 2.24) is 30.1 Å². The third-order valence-corrected chi connectivity index (χ3v) is 7.23. The Hall–Kier alpha value is -2.10. The fourth-order valence-electron chi connectivity index (χ4n) is 4.53. The van der Waals surface area contributed by atoms with Gasteiger partial charge in [-0.05, 0) is 41.8 Å². The molecule has 0 radical (unpaired) electrons. The number of rotatable bonds is 7. The minimum absolute atomic E-state index is 0.241. The highest BCUT2D eigenvalue weighted by atomic mass is 32.1. The number of aromatic nitrogens is 5. The Morgan fingerprint density at radius 2 is 2.07 bits per heavy atom. The van der Waals surface area contributed by atoms with Gasteiger partial charge in [0.2, 0.25) is 0 Å². The van der Waals surface area contributed by atoms with Crippen LogP contribution >= 0.6 is 11.3 Å². The molecule has 0 aliphatic carbocycles. The van der Waals surface area contributed by atoms with E-state index < -0.39 is 0 Å². The molecule has 0 bridgehead atoms. The van der Waals surface area contributed by atoms with Crippen molar-refractivity contribution in [1.29, 1.82) is 0 Å². The molecule has 1 aromatic carbocycles. The maximum absolute atomic E-state index is 5.81. The van der Waals surface area contributed by atoms with Crippen molar-refractivity contribution >= 4 is 26.7 Å². The first-order chi connectivity index (χ1) is 14.8. The number of anilines is 1. The van der Waals surface area contributed by atoms with Crippen molar-refractivity contribution in [2.45, 2.75) is 51.3 Å². The second kappa shape index (κ2) is 8.95. The van der Waals surface area contributed by atoms with Crippen molar-refractivity contribution < 1.29 is 4.74 Å². The molecular weight excluding hydrogens is 398 g/mol. The van der Waals surface area contributed by atoms with Gasteiger partial charge in [-0.2, -0.15) is 0 Å². The molecule has 30 heavy (non-hydrogen) atoms. The monoisotopic (exact) mass is 427 g/mol. The van der Waals surface area contributed by atoms with E-state index in [2.05, 4.69) is 56.5 Å². The molecule has 3 aromatic rings. The second-order valence-corrected chi connectivity index (χ2v) is 9.15. The summed E-state index contributed by atoms with van der Waals surface area (Å²) in [6.45, 7) is 7.79. The Balaban J connectivity index is 1.28. The summed E-state index contributed by atoms with van der Waals surface area (Å²) in [4.78, 5) is 9.80. The predicted octanol–water partition coefficient (Wildman–Crippen LogP) is 3.13. The minimum atomic E-state index is 0.241. The van der Waals surface area contributed by atoms with E-state index in [9.17, 15) is 0 Å². The quantitative estimate of drug-likeness (QED) is 0.574. The van der Waals surface area contributed by atoms with Crippen LogP contribution in [0.1, 0.15) is 44.5 Å². The molecule has 0 N–H and O–H groups in total. The third-order valence-electron chi connectivity index (χ3n) is 6.13. The molecule has 2 aromatic heterocycles.